The van der Waals surface area contributed by atoms with Crippen molar-refractivity contribution in [3.63, 3.8) is 0 Å². The third kappa shape index (κ3) is 2.89. The molecule has 0 aromatic heterocycles. The van der Waals surface area contributed by atoms with Gasteiger partial charge in [0.05, 0.1) is 5.56 Å². The van der Waals surface area contributed by atoms with Crippen molar-refractivity contribution in [3.05, 3.63) is 32.7 Å². The van der Waals surface area contributed by atoms with Gasteiger partial charge < -0.3 is 10.2 Å². The number of hydrogen-bond acceptors (Lipinski definition) is 2. The number of rotatable bonds is 2. The first kappa shape index (κ1) is 13.1. The van der Waals surface area contributed by atoms with Crippen LogP contribution in [-0.2, 0) is 0 Å². The van der Waals surface area contributed by atoms with E-state index in [9.17, 15) is 4.79 Å². The minimum Gasteiger partial charge on any atom is -0.337 e. The Morgan fingerprint density at radius 2 is 2.24 bits per heavy atom. The largest absolute Gasteiger partial charge is 0.337 e. The molecule has 0 saturated carbocycles. The number of carbonyl (C=O) groups is 1. The van der Waals surface area contributed by atoms with Crippen LogP contribution in [0, 0.1) is 0 Å². The van der Waals surface area contributed by atoms with E-state index >= 15 is 0 Å². The molecule has 0 aliphatic carbocycles. The number of benzene rings is 1. The summed E-state index contributed by atoms with van der Waals surface area (Å²) in [4.78, 5) is 14.2. The highest BCUT2D eigenvalue weighted by atomic mass is 79.9. The minimum atomic E-state index is 0.0992. The molecule has 1 heterocycles. The predicted molar refractivity (Wildman–Crippen MR) is 75.2 cm³/mol. The van der Waals surface area contributed by atoms with Crippen molar-refractivity contribution >= 4 is 37.8 Å². The predicted octanol–water partition coefficient (Wildman–Crippen LogP) is 2.65. The average Bonchev–Trinajstić information content (AvgIpc) is 2.76. The first-order valence-electron chi connectivity index (χ1n) is 5.53. The normalized spacial score (nSPS) is 19.7. The number of likely N-dealkylation sites (tertiary alicyclic amines) is 1. The molecule has 0 bridgehead atoms. The molecule has 92 valence electrons. The quantitative estimate of drug-likeness (QED) is 0.878. The van der Waals surface area contributed by atoms with E-state index in [-0.39, 0.29) is 5.91 Å². The van der Waals surface area contributed by atoms with E-state index in [4.69, 9.17) is 0 Å². The van der Waals surface area contributed by atoms with E-state index in [0.29, 0.717) is 6.04 Å². The van der Waals surface area contributed by atoms with E-state index in [1.54, 1.807) is 0 Å². The topological polar surface area (TPSA) is 32.3 Å². The molecule has 2 rings (SSSR count). The molecule has 1 amide bonds. The van der Waals surface area contributed by atoms with Gasteiger partial charge in [-0.25, -0.2) is 0 Å². The molecule has 0 radical (unpaired) electrons. The summed E-state index contributed by atoms with van der Waals surface area (Å²) in [6, 6.07) is 6.07. The van der Waals surface area contributed by atoms with Crippen LogP contribution in [0.4, 0.5) is 0 Å². The lowest BCUT2D eigenvalue weighted by Crippen LogP contribution is -2.33. The Hall–Kier alpha value is -0.390. The Kier molecular flexibility index (Phi) is 4.22. The second-order valence-electron chi connectivity index (χ2n) is 4.15. The van der Waals surface area contributed by atoms with E-state index in [1.165, 1.54) is 0 Å². The maximum atomic E-state index is 12.3. The Balaban J connectivity index is 2.15. The van der Waals surface area contributed by atoms with Gasteiger partial charge in [0.15, 0.2) is 0 Å². The SMILES string of the molecule is CNC1CCN(C(=O)c2ccc(Br)cc2Br)C1. The van der Waals surface area contributed by atoms with E-state index in [2.05, 4.69) is 37.2 Å². The zero-order valence-corrected chi connectivity index (χ0v) is 12.7. The van der Waals surface area contributed by atoms with Gasteiger partial charge >= 0.3 is 0 Å². The van der Waals surface area contributed by atoms with Crippen molar-refractivity contribution in [2.75, 3.05) is 20.1 Å². The summed E-state index contributed by atoms with van der Waals surface area (Å²) in [6.45, 7) is 1.62. The van der Waals surface area contributed by atoms with Gasteiger partial charge in [-0.15, -0.1) is 0 Å². The summed E-state index contributed by atoms with van der Waals surface area (Å²) in [5.74, 6) is 0.0992. The fraction of sp³-hybridized carbons (Fsp3) is 0.417. The van der Waals surface area contributed by atoms with E-state index < -0.39 is 0 Å². The van der Waals surface area contributed by atoms with Crippen molar-refractivity contribution < 1.29 is 4.79 Å². The number of likely N-dealkylation sites (N-methyl/N-ethyl adjacent to an activating group) is 1. The molecule has 1 unspecified atom stereocenters. The second-order valence-corrected chi connectivity index (χ2v) is 5.92. The van der Waals surface area contributed by atoms with Crippen LogP contribution in [0.5, 0.6) is 0 Å². The lowest BCUT2D eigenvalue weighted by molar-refractivity contribution is 0.0789. The molecule has 5 heteroatoms. The van der Waals surface area contributed by atoms with Gasteiger partial charge in [-0.05, 0) is 47.6 Å². The Morgan fingerprint density at radius 1 is 1.47 bits per heavy atom. The lowest BCUT2D eigenvalue weighted by atomic mass is 10.2. The molecule has 3 nitrogen and oxygen atoms in total. The van der Waals surface area contributed by atoms with Crippen LogP contribution >= 0.6 is 31.9 Å². The Labute approximate surface area is 118 Å². The van der Waals surface area contributed by atoms with Crippen LogP contribution in [0.25, 0.3) is 0 Å². The highest BCUT2D eigenvalue weighted by Gasteiger charge is 2.26. The average molecular weight is 362 g/mol. The summed E-state index contributed by atoms with van der Waals surface area (Å²) in [5.41, 5.74) is 0.727. The summed E-state index contributed by atoms with van der Waals surface area (Å²) in [6.07, 6.45) is 1.02. The number of nitrogens with one attached hydrogen (secondary N) is 1. The monoisotopic (exact) mass is 360 g/mol. The second kappa shape index (κ2) is 5.50. The highest BCUT2D eigenvalue weighted by Crippen LogP contribution is 2.24. The number of nitrogens with zero attached hydrogens (tertiary/aromatic N) is 1. The zero-order chi connectivity index (χ0) is 12.4. The smallest absolute Gasteiger partial charge is 0.255 e. The zero-order valence-electron chi connectivity index (χ0n) is 9.54. The summed E-state index contributed by atoms with van der Waals surface area (Å²) in [7, 11) is 1.94. The third-order valence-electron chi connectivity index (χ3n) is 3.05. The molecule has 1 aromatic rings. The number of amides is 1. The van der Waals surface area contributed by atoms with Crippen LogP contribution in [0.2, 0.25) is 0 Å². The molecule has 1 aliphatic rings. The van der Waals surface area contributed by atoms with Crippen molar-refractivity contribution in [1.82, 2.24) is 10.2 Å². The number of carbonyl (C=O) groups excluding carboxylic acids is 1. The summed E-state index contributed by atoms with van der Waals surface area (Å²) < 4.78 is 1.81. The molecular weight excluding hydrogens is 348 g/mol. The van der Waals surface area contributed by atoms with Crippen LogP contribution in [0.15, 0.2) is 27.1 Å². The lowest BCUT2D eigenvalue weighted by Gasteiger charge is -2.17. The first-order chi connectivity index (χ1) is 8.11. The fourth-order valence-corrected chi connectivity index (χ4v) is 3.23. The van der Waals surface area contributed by atoms with E-state index in [0.717, 1.165) is 34.0 Å². The minimum absolute atomic E-state index is 0.0992. The standard InChI is InChI=1S/C12H14Br2N2O/c1-15-9-4-5-16(7-9)12(17)10-3-2-8(13)6-11(10)14/h2-3,6,9,15H,4-5,7H2,1H3. The molecule has 0 spiro atoms. The highest BCUT2D eigenvalue weighted by molar-refractivity contribution is 9.11. The van der Waals surface area contributed by atoms with Crippen LogP contribution in [0.1, 0.15) is 16.8 Å². The van der Waals surface area contributed by atoms with Crippen LogP contribution < -0.4 is 5.32 Å². The van der Waals surface area contributed by atoms with E-state index in [1.807, 2.05) is 30.1 Å². The molecule has 1 aromatic carbocycles. The molecule has 1 aliphatic heterocycles. The molecule has 1 saturated heterocycles. The van der Waals surface area contributed by atoms with Crippen LogP contribution in [0.3, 0.4) is 0 Å². The van der Waals surface area contributed by atoms with Crippen molar-refractivity contribution in [3.8, 4) is 0 Å². The van der Waals surface area contributed by atoms with Crippen molar-refractivity contribution in [1.29, 1.82) is 0 Å². The van der Waals surface area contributed by atoms with Gasteiger partial charge in [0.25, 0.3) is 5.91 Å². The van der Waals surface area contributed by atoms with Crippen molar-refractivity contribution in [2.24, 2.45) is 0 Å². The summed E-state index contributed by atoms with van der Waals surface area (Å²) >= 11 is 6.82. The maximum absolute atomic E-state index is 12.3. The third-order valence-corrected chi connectivity index (χ3v) is 4.19. The molecule has 1 N–H and O–H groups in total. The number of hydrogen-bond donors (Lipinski definition) is 1. The molecule has 1 atom stereocenters. The van der Waals surface area contributed by atoms with Gasteiger partial charge in [0, 0.05) is 28.1 Å². The number of halogens is 2. The van der Waals surface area contributed by atoms with Gasteiger partial charge in [0.2, 0.25) is 0 Å². The molecule has 17 heavy (non-hydrogen) atoms. The van der Waals surface area contributed by atoms with Gasteiger partial charge in [0.1, 0.15) is 0 Å². The van der Waals surface area contributed by atoms with Gasteiger partial charge in [-0.1, -0.05) is 15.9 Å². The Bertz CT molecular complexity index is 437. The van der Waals surface area contributed by atoms with Crippen molar-refractivity contribution in [2.45, 2.75) is 12.5 Å². The maximum Gasteiger partial charge on any atom is 0.255 e. The molecular formula is C12H14Br2N2O. The van der Waals surface area contributed by atoms with Crippen LogP contribution in [-0.4, -0.2) is 37.0 Å². The molecule has 1 fully saturated rings. The van der Waals surface area contributed by atoms with Gasteiger partial charge in [-0.3, -0.25) is 4.79 Å². The van der Waals surface area contributed by atoms with Gasteiger partial charge in [-0.2, -0.15) is 0 Å². The Morgan fingerprint density at radius 3 is 2.82 bits per heavy atom. The summed E-state index contributed by atoms with van der Waals surface area (Å²) in [5, 5.41) is 3.21. The first-order valence-corrected chi connectivity index (χ1v) is 7.12. The fourth-order valence-electron chi connectivity index (χ4n) is 2.01.